The summed E-state index contributed by atoms with van der Waals surface area (Å²) in [6.07, 6.45) is 0. The number of benzene rings is 1. The molecule has 17 heavy (non-hydrogen) atoms. The largest absolute Gasteiger partial charge is 0.417 e. The molecule has 1 aromatic carbocycles. The fraction of sp³-hybridized carbons (Fsp3) is 0.0909. The standard InChI is InChI=1S/C11H8N2O2S2/c14-11-13-7-2-1-6(3-9(7)15-11)8-5-17-10(4-16)12-8/h1-3,5,16H,4H2,(H,13,14). The normalized spacial score (nSPS) is 11.1. The molecule has 0 radical (unpaired) electrons. The highest BCUT2D eigenvalue weighted by molar-refractivity contribution is 7.79. The van der Waals surface area contributed by atoms with Crippen LogP contribution in [-0.2, 0) is 5.75 Å². The van der Waals surface area contributed by atoms with Crippen molar-refractivity contribution in [3.63, 3.8) is 0 Å². The van der Waals surface area contributed by atoms with Crippen molar-refractivity contribution < 1.29 is 4.42 Å². The van der Waals surface area contributed by atoms with Gasteiger partial charge in [0.05, 0.1) is 11.2 Å². The number of hydrogen-bond donors (Lipinski definition) is 2. The molecule has 0 aliphatic rings. The molecule has 1 N–H and O–H groups in total. The van der Waals surface area contributed by atoms with Crippen molar-refractivity contribution in [3.8, 4) is 11.3 Å². The summed E-state index contributed by atoms with van der Waals surface area (Å²) in [6, 6.07) is 5.53. The molecule has 0 aliphatic carbocycles. The Morgan fingerprint density at radius 2 is 2.35 bits per heavy atom. The third-order valence-corrected chi connectivity index (χ3v) is 3.77. The van der Waals surface area contributed by atoms with E-state index in [0.29, 0.717) is 16.9 Å². The molecule has 0 fully saturated rings. The summed E-state index contributed by atoms with van der Waals surface area (Å²) < 4.78 is 5.01. The quantitative estimate of drug-likeness (QED) is 0.700. The van der Waals surface area contributed by atoms with Gasteiger partial charge in [0.25, 0.3) is 0 Å². The first-order valence-electron chi connectivity index (χ1n) is 4.95. The van der Waals surface area contributed by atoms with Crippen LogP contribution >= 0.6 is 24.0 Å². The number of aromatic nitrogens is 2. The fourth-order valence-corrected chi connectivity index (χ4v) is 2.58. The topological polar surface area (TPSA) is 58.9 Å². The van der Waals surface area contributed by atoms with Gasteiger partial charge in [0.2, 0.25) is 0 Å². The lowest BCUT2D eigenvalue weighted by Gasteiger charge is -1.95. The number of thiol groups is 1. The first-order chi connectivity index (χ1) is 8.26. The molecule has 0 bridgehead atoms. The van der Waals surface area contributed by atoms with Crippen molar-refractivity contribution in [3.05, 3.63) is 39.1 Å². The molecule has 3 rings (SSSR count). The summed E-state index contributed by atoms with van der Waals surface area (Å²) in [5.74, 6) is 0.193. The number of nitrogens with one attached hydrogen (secondary N) is 1. The lowest BCUT2D eigenvalue weighted by atomic mass is 10.1. The predicted molar refractivity (Wildman–Crippen MR) is 70.6 cm³/mol. The Morgan fingerprint density at radius 3 is 3.12 bits per heavy atom. The second kappa shape index (κ2) is 4.05. The zero-order valence-corrected chi connectivity index (χ0v) is 10.3. The highest BCUT2D eigenvalue weighted by Crippen LogP contribution is 2.25. The molecule has 6 heteroatoms. The summed E-state index contributed by atoms with van der Waals surface area (Å²) in [6.45, 7) is 0. The van der Waals surface area contributed by atoms with Crippen LogP contribution in [0.2, 0.25) is 0 Å². The number of aromatic amines is 1. The van der Waals surface area contributed by atoms with Crippen LogP contribution in [0.1, 0.15) is 5.01 Å². The Bertz CT molecular complexity index is 726. The number of hydrogen-bond acceptors (Lipinski definition) is 5. The van der Waals surface area contributed by atoms with E-state index < -0.39 is 5.76 Å². The maximum Gasteiger partial charge on any atom is 0.417 e. The third-order valence-electron chi connectivity index (χ3n) is 2.40. The smallest absolute Gasteiger partial charge is 0.408 e. The summed E-state index contributed by atoms with van der Waals surface area (Å²) in [5.41, 5.74) is 3.06. The maximum atomic E-state index is 11.0. The van der Waals surface area contributed by atoms with Crippen LogP contribution in [0, 0.1) is 0 Å². The zero-order valence-electron chi connectivity index (χ0n) is 8.64. The minimum atomic E-state index is -0.438. The fourth-order valence-electron chi connectivity index (χ4n) is 1.62. The monoisotopic (exact) mass is 264 g/mol. The van der Waals surface area contributed by atoms with Gasteiger partial charge in [0.1, 0.15) is 5.01 Å². The van der Waals surface area contributed by atoms with Gasteiger partial charge in [-0.25, -0.2) is 9.78 Å². The van der Waals surface area contributed by atoms with Crippen LogP contribution in [0.15, 0.2) is 32.8 Å². The highest BCUT2D eigenvalue weighted by atomic mass is 32.1. The highest BCUT2D eigenvalue weighted by Gasteiger charge is 2.07. The van der Waals surface area contributed by atoms with E-state index in [0.717, 1.165) is 16.3 Å². The van der Waals surface area contributed by atoms with E-state index in [1.54, 1.807) is 11.3 Å². The first kappa shape index (κ1) is 10.6. The molecule has 2 heterocycles. The molecular formula is C11H8N2O2S2. The van der Waals surface area contributed by atoms with E-state index in [1.807, 2.05) is 23.6 Å². The van der Waals surface area contributed by atoms with E-state index in [-0.39, 0.29) is 0 Å². The van der Waals surface area contributed by atoms with Crippen molar-refractivity contribution in [2.45, 2.75) is 5.75 Å². The van der Waals surface area contributed by atoms with Gasteiger partial charge in [0.15, 0.2) is 5.58 Å². The SMILES string of the molecule is O=c1[nH]c2ccc(-c3csc(CS)n3)cc2o1. The van der Waals surface area contributed by atoms with Crippen molar-refractivity contribution in [2.75, 3.05) is 0 Å². The lowest BCUT2D eigenvalue weighted by Crippen LogP contribution is -1.92. The number of nitrogens with zero attached hydrogens (tertiary/aromatic N) is 1. The van der Waals surface area contributed by atoms with Gasteiger partial charge in [-0.1, -0.05) is 6.07 Å². The minimum Gasteiger partial charge on any atom is -0.408 e. The molecule has 86 valence electrons. The van der Waals surface area contributed by atoms with Gasteiger partial charge in [-0.15, -0.1) is 11.3 Å². The number of fused-ring (bicyclic) bond motifs is 1. The molecule has 0 saturated carbocycles. The second-order valence-corrected chi connectivity index (χ2v) is 4.77. The van der Waals surface area contributed by atoms with Gasteiger partial charge < -0.3 is 4.42 Å². The lowest BCUT2D eigenvalue weighted by molar-refractivity contribution is 0.555. The Balaban J connectivity index is 2.13. The van der Waals surface area contributed by atoms with Crippen LogP contribution < -0.4 is 5.76 Å². The van der Waals surface area contributed by atoms with Crippen LogP contribution in [0.5, 0.6) is 0 Å². The van der Waals surface area contributed by atoms with Crippen LogP contribution in [0.3, 0.4) is 0 Å². The van der Waals surface area contributed by atoms with Crippen LogP contribution in [0.25, 0.3) is 22.4 Å². The van der Waals surface area contributed by atoms with Crippen molar-refractivity contribution in [1.29, 1.82) is 0 Å². The number of H-pyrrole nitrogens is 1. The Morgan fingerprint density at radius 1 is 1.47 bits per heavy atom. The number of thiazole rings is 1. The average Bonchev–Trinajstić information content (AvgIpc) is 2.92. The van der Waals surface area contributed by atoms with E-state index in [2.05, 4.69) is 22.6 Å². The Hall–Kier alpha value is -1.53. The molecule has 4 nitrogen and oxygen atoms in total. The van der Waals surface area contributed by atoms with E-state index in [1.165, 1.54) is 0 Å². The summed E-state index contributed by atoms with van der Waals surface area (Å²) >= 11 is 5.75. The van der Waals surface area contributed by atoms with Gasteiger partial charge in [-0.05, 0) is 12.1 Å². The molecule has 0 amide bonds. The Labute approximate surface area is 106 Å². The molecule has 0 spiro atoms. The van der Waals surface area contributed by atoms with Crippen molar-refractivity contribution >= 4 is 35.1 Å². The van der Waals surface area contributed by atoms with Crippen molar-refractivity contribution in [1.82, 2.24) is 9.97 Å². The predicted octanol–water partition coefficient (Wildman–Crippen LogP) is 2.67. The molecule has 0 unspecified atom stereocenters. The summed E-state index contributed by atoms with van der Waals surface area (Å²) in [7, 11) is 0. The first-order valence-corrected chi connectivity index (χ1v) is 6.46. The number of oxazole rings is 1. The molecular weight excluding hydrogens is 256 g/mol. The average molecular weight is 264 g/mol. The third kappa shape index (κ3) is 1.89. The van der Waals surface area contributed by atoms with Crippen LogP contribution in [0.4, 0.5) is 0 Å². The van der Waals surface area contributed by atoms with Gasteiger partial charge in [-0.2, -0.15) is 12.6 Å². The van der Waals surface area contributed by atoms with E-state index >= 15 is 0 Å². The van der Waals surface area contributed by atoms with E-state index in [9.17, 15) is 4.79 Å². The van der Waals surface area contributed by atoms with Gasteiger partial charge in [0, 0.05) is 16.7 Å². The zero-order chi connectivity index (χ0) is 11.8. The second-order valence-electron chi connectivity index (χ2n) is 3.51. The number of rotatable bonds is 2. The van der Waals surface area contributed by atoms with Crippen LogP contribution in [-0.4, -0.2) is 9.97 Å². The molecule has 3 aromatic rings. The minimum absolute atomic E-state index is 0.438. The molecule has 0 atom stereocenters. The molecule has 2 aromatic heterocycles. The summed E-state index contributed by atoms with van der Waals surface area (Å²) in [5, 5.41) is 2.94. The summed E-state index contributed by atoms with van der Waals surface area (Å²) in [4.78, 5) is 18.1. The molecule has 0 aliphatic heterocycles. The molecule has 0 saturated heterocycles. The van der Waals surface area contributed by atoms with Gasteiger partial charge >= 0.3 is 5.76 Å². The van der Waals surface area contributed by atoms with Gasteiger partial charge in [-0.3, -0.25) is 4.98 Å². The van der Waals surface area contributed by atoms with E-state index in [4.69, 9.17) is 4.42 Å². The van der Waals surface area contributed by atoms with Crippen molar-refractivity contribution in [2.24, 2.45) is 0 Å². The Kier molecular flexibility index (Phi) is 2.53. The maximum absolute atomic E-state index is 11.0.